The Labute approximate surface area is 126 Å². The zero-order valence-electron chi connectivity index (χ0n) is 13.0. The molecule has 0 spiro atoms. The van der Waals surface area contributed by atoms with Crippen LogP contribution in [0.25, 0.3) is 0 Å². The minimum absolute atomic E-state index is 0.0791. The molecule has 21 heavy (non-hydrogen) atoms. The second kappa shape index (κ2) is 6.48. The Morgan fingerprint density at radius 2 is 2.00 bits per heavy atom. The van der Waals surface area contributed by atoms with Crippen molar-refractivity contribution < 1.29 is 17.6 Å². The normalized spacial score (nSPS) is 23.4. The Morgan fingerprint density at radius 1 is 1.29 bits per heavy atom. The van der Waals surface area contributed by atoms with E-state index in [4.69, 9.17) is 9.15 Å². The first-order valence-corrected chi connectivity index (χ1v) is 8.71. The van der Waals surface area contributed by atoms with Gasteiger partial charge in [-0.25, -0.2) is 13.1 Å². The Balaban J connectivity index is 2.27. The van der Waals surface area contributed by atoms with E-state index in [1.54, 1.807) is 20.9 Å². The fourth-order valence-electron chi connectivity index (χ4n) is 2.83. The first-order valence-electron chi connectivity index (χ1n) is 7.22. The third-order valence-corrected chi connectivity index (χ3v) is 5.47. The predicted octanol–water partition coefficient (Wildman–Crippen LogP) is 1.46. The minimum Gasteiger partial charge on any atom is -0.465 e. The number of hydrogen-bond acceptors (Lipinski definition) is 5. The van der Waals surface area contributed by atoms with Gasteiger partial charge in [0.25, 0.3) is 0 Å². The summed E-state index contributed by atoms with van der Waals surface area (Å²) in [6.07, 6.45) is 1.47. The molecule has 2 heterocycles. The Kier molecular flexibility index (Phi) is 5.08. The van der Waals surface area contributed by atoms with E-state index in [0.29, 0.717) is 43.1 Å². The van der Waals surface area contributed by atoms with Crippen molar-refractivity contribution in [1.29, 1.82) is 0 Å². The molecule has 0 amide bonds. The molecule has 7 heteroatoms. The van der Waals surface area contributed by atoms with Gasteiger partial charge in [0, 0.05) is 24.8 Å². The number of sulfonamides is 1. The average Bonchev–Trinajstić information content (AvgIpc) is 2.64. The molecule has 1 aliphatic rings. The van der Waals surface area contributed by atoms with Gasteiger partial charge in [0.2, 0.25) is 10.0 Å². The highest BCUT2D eigenvalue weighted by Crippen LogP contribution is 2.27. The van der Waals surface area contributed by atoms with Gasteiger partial charge in [0.15, 0.2) is 0 Å². The molecule has 0 bridgehead atoms. The molecule has 0 aliphatic carbocycles. The molecule has 2 N–H and O–H groups in total. The summed E-state index contributed by atoms with van der Waals surface area (Å²) in [7, 11) is -1.80. The van der Waals surface area contributed by atoms with Crippen LogP contribution in [0.2, 0.25) is 0 Å². The van der Waals surface area contributed by atoms with Crippen molar-refractivity contribution >= 4 is 10.0 Å². The lowest BCUT2D eigenvalue weighted by Gasteiger charge is -2.27. The van der Waals surface area contributed by atoms with Gasteiger partial charge < -0.3 is 14.5 Å². The van der Waals surface area contributed by atoms with E-state index in [-0.39, 0.29) is 17.0 Å². The third-order valence-electron chi connectivity index (χ3n) is 3.75. The van der Waals surface area contributed by atoms with E-state index >= 15 is 0 Å². The number of rotatable bonds is 5. The van der Waals surface area contributed by atoms with E-state index < -0.39 is 10.0 Å². The summed E-state index contributed by atoms with van der Waals surface area (Å²) >= 11 is 0. The van der Waals surface area contributed by atoms with E-state index in [1.165, 1.54) is 0 Å². The molecule has 0 aromatic carbocycles. The summed E-state index contributed by atoms with van der Waals surface area (Å²) in [4.78, 5) is 0.272. The van der Waals surface area contributed by atoms with Gasteiger partial charge in [-0.3, -0.25) is 0 Å². The zero-order valence-corrected chi connectivity index (χ0v) is 13.8. The van der Waals surface area contributed by atoms with Gasteiger partial charge >= 0.3 is 0 Å². The highest BCUT2D eigenvalue weighted by molar-refractivity contribution is 7.89. The molecule has 2 rings (SSSR count). The number of hydrogen-bond donors (Lipinski definition) is 2. The van der Waals surface area contributed by atoms with Gasteiger partial charge in [-0.1, -0.05) is 0 Å². The smallest absolute Gasteiger partial charge is 0.244 e. The van der Waals surface area contributed by atoms with Crippen LogP contribution in [0.15, 0.2) is 9.31 Å². The summed E-state index contributed by atoms with van der Waals surface area (Å²) in [5, 5.41) is 2.99. The zero-order chi connectivity index (χ0) is 15.6. The number of aryl methyl sites for hydroxylation is 2. The van der Waals surface area contributed by atoms with Crippen LogP contribution in [-0.4, -0.2) is 34.2 Å². The summed E-state index contributed by atoms with van der Waals surface area (Å²) in [6, 6.07) is -0.0872. The molecule has 2 unspecified atom stereocenters. The molecule has 120 valence electrons. The maximum Gasteiger partial charge on any atom is 0.244 e. The van der Waals surface area contributed by atoms with Crippen molar-refractivity contribution in [3.05, 3.63) is 17.1 Å². The molecule has 0 saturated carbocycles. The molecule has 1 fully saturated rings. The minimum atomic E-state index is -3.59. The Morgan fingerprint density at radius 3 is 2.62 bits per heavy atom. The molecular formula is C14H24N2O4S. The fraction of sp³-hybridized carbons (Fsp3) is 0.714. The summed E-state index contributed by atoms with van der Waals surface area (Å²) in [5.74, 6) is 1.08. The molecular weight excluding hydrogens is 292 g/mol. The second-order valence-corrected chi connectivity index (χ2v) is 7.23. The molecule has 1 saturated heterocycles. The second-order valence-electron chi connectivity index (χ2n) is 5.58. The molecule has 1 aliphatic heterocycles. The van der Waals surface area contributed by atoms with E-state index in [9.17, 15) is 8.42 Å². The van der Waals surface area contributed by atoms with E-state index in [2.05, 4.69) is 10.0 Å². The number of nitrogens with one attached hydrogen (secondary N) is 2. The van der Waals surface area contributed by atoms with Gasteiger partial charge in [0.1, 0.15) is 16.4 Å². The lowest BCUT2D eigenvalue weighted by atomic mass is 10.1. The standard InChI is InChI=1S/C14H24N2O4S/c1-9-7-12(5-6-19-9)16-21(17,18)14-11(3)20-10(2)13(14)8-15-4/h9,12,15-16H,5-8H2,1-4H3. The summed E-state index contributed by atoms with van der Waals surface area (Å²) in [6.45, 7) is 6.48. The van der Waals surface area contributed by atoms with Crippen molar-refractivity contribution in [1.82, 2.24) is 10.0 Å². The molecule has 2 atom stereocenters. The lowest BCUT2D eigenvalue weighted by Crippen LogP contribution is -2.41. The van der Waals surface area contributed by atoms with Crippen LogP contribution in [0.4, 0.5) is 0 Å². The summed E-state index contributed by atoms with van der Waals surface area (Å²) in [5.41, 5.74) is 0.697. The van der Waals surface area contributed by atoms with Crippen LogP contribution in [0.1, 0.15) is 36.8 Å². The van der Waals surface area contributed by atoms with Crippen LogP contribution in [-0.2, 0) is 21.3 Å². The Bertz CT molecular complexity index is 594. The fourth-order valence-corrected chi connectivity index (χ4v) is 4.56. The quantitative estimate of drug-likeness (QED) is 0.859. The highest BCUT2D eigenvalue weighted by Gasteiger charge is 2.30. The van der Waals surface area contributed by atoms with E-state index in [0.717, 1.165) is 0 Å². The van der Waals surface area contributed by atoms with Crippen LogP contribution < -0.4 is 10.0 Å². The Hall–Kier alpha value is -0.890. The third kappa shape index (κ3) is 3.66. The molecule has 1 aromatic heterocycles. The number of ether oxygens (including phenoxy) is 1. The lowest BCUT2D eigenvalue weighted by molar-refractivity contribution is 0.0173. The van der Waals surface area contributed by atoms with Gasteiger partial charge in [-0.05, 0) is 40.7 Å². The highest BCUT2D eigenvalue weighted by atomic mass is 32.2. The van der Waals surface area contributed by atoms with Crippen molar-refractivity contribution in [2.45, 2.75) is 57.2 Å². The first kappa shape index (κ1) is 16.5. The van der Waals surface area contributed by atoms with Crippen molar-refractivity contribution in [2.24, 2.45) is 0 Å². The SMILES string of the molecule is CNCc1c(C)oc(C)c1S(=O)(=O)NC1CCOC(C)C1. The molecule has 1 aromatic rings. The van der Waals surface area contributed by atoms with E-state index in [1.807, 2.05) is 6.92 Å². The predicted molar refractivity (Wildman–Crippen MR) is 79.7 cm³/mol. The van der Waals surface area contributed by atoms with Crippen LogP contribution >= 0.6 is 0 Å². The van der Waals surface area contributed by atoms with Gasteiger partial charge in [-0.2, -0.15) is 0 Å². The topological polar surface area (TPSA) is 80.6 Å². The van der Waals surface area contributed by atoms with Gasteiger partial charge in [0.05, 0.1) is 6.10 Å². The van der Waals surface area contributed by atoms with Gasteiger partial charge in [-0.15, -0.1) is 0 Å². The first-order chi connectivity index (χ1) is 9.85. The van der Waals surface area contributed by atoms with Crippen molar-refractivity contribution in [3.63, 3.8) is 0 Å². The van der Waals surface area contributed by atoms with Crippen molar-refractivity contribution in [2.75, 3.05) is 13.7 Å². The number of furan rings is 1. The maximum absolute atomic E-state index is 12.7. The molecule has 6 nitrogen and oxygen atoms in total. The largest absolute Gasteiger partial charge is 0.465 e. The molecule has 0 radical (unpaired) electrons. The van der Waals surface area contributed by atoms with Crippen LogP contribution in [0.3, 0.4) is 0 Å². The van der Waals surface area contributed by atoms with Crippen LogP contribution in [0.5, 0.6) is 0 Å². The van der Waals surface area contributed by atoms with Crippen LogP contribution in [0, 0.1) is 13.8 Å². The average molecular weight is 316 g/mol. The monoisotopic (exact) mass is 316 g/mol. The summed E-state index contributed by atoms with van der Waals surface area (Å²) < 4.78 is 39.2. The maximum atomic E-state index is 12.7. The van der Waals surface area contributed by atoms with Crippen molar-refractivity contribution in [3.8, 4) is 0 Å².